The highest BCUT2D eigenvalue weighted by molar-refractivity contribution is 6.01. The van der Waals surface area contributed by atoms with Crippen LogP contribution in [0.15, 0.2) is 18.2 Å². The Morgan fingerprint density at radius 2 is 1.71 bits per heavy atom. The van der Waals surface area contributed by atoms with E-state index in [1.807, 2.05) is 0 Å². The summed E-state index contributed by atoms with van der Waals surface area (Å²) >= 11 is 0. The third kappa shape index (κ3) is 3.03. The third-order valence-corrected chi connectivity index (χ3v) is 2.57. The number of carbonyl (C=O) groups excluding carboxylic acids is 1. The average Bonchev–Trinajstić information content (AvgIpc) is 2.35. The lowest BCUT2D eigenvalue weighted by molar-refractivity contribution is -0.268. The molecule has 0 aliphatic carbocycles. The molecular formula is C11H9F5N2O3. The van der Waals surface area contributed by atoms with E-state index in [0.717, 1.165) is 18.2 Å². The maximum absolute atomic E-state index is 12.9. The van der Waals surface area contributed by atoms with Crippen molar-refractivity contribution in [2.24, 2.45) is 0 Å². The van der Waals surface area contributed by atoms with Crippen LogP contribution in [0.3, 0.4) is 0 Å². The number of amides is 1. The molecule has 0 heterocycles. The predicted molar refractivity (Wildman–Crippen MR) is 62.2 cm³/mol. The van der Waals surface area contributed by atoms with E-state index in [2.05, 4.69) is 0 Å². The van der Waals surface area contributed by atoms with Gasteiger partial charge in [0.05, 0.1) is 16.9 Å². The average molecular weight is 312 g/mol. The predicted octanol–water partition coefficient (Wildman–Crippen LogP) is 2.13. The van der Waals surface area contributed by atoms with Crippen molar-refractivity contribution < 1.29 is 36.6 Å². The molecule has 1 aromatic carbocycles. The zero-order chi connectivity index (χ0) is 16.6. The standard InChI is InChI=1S/C11H9F5N2O3/c1-18(9(21)10(12,13)11(14,15)16)7-3-2-5(8(19)20)4-6(7)17/h2-4H,17H2,1H3,(H,19,20). The number of benzene rings is 1. The van der Waals surface area contributed by atoms with Crippen molar-refractivity contribution >= 4 is 23.3 Å². The van der Waals surface area contributed by atoms with Gasteiger partial charge in [0.15, 0.2) is 0 Å². The first kappa shape index (κ1) is 16.7. The van der Waals surface area contributed by atoms with E-state index < -0.39 is 35.4 Å². The number of rotatable bonds is 3. The highest BCUT2D eigenvalue weighted by Gasteiger charge is 2.64. The minimum atomic E-state index is -6.05. The second-order valence-corrected chi connectivity index (χ2v) is 4.02. The molecule has 1 rings (SSSR count). The Hall–Kier alpha value is -2.39. The van der Waals surface area contributed by atoms with Crippen molar-refractivity contribution in [1.82, 2.24) is 0 Å². The van der Waals surface area contributed by atoms with Gasteiger partial charge in [-0.1, -0.05) is 0 Å². The lowest BCUT2D eigenvalue weighted by atomic mass is 10.1. The molecule has 1 amide bonds. The van der Waals surface area contributed by atoms with Gasteiger partial charge in [-0.25, -0.2) is 4.79 Å². The van der Waals surface area contributed by atoms with Crippen LogP contribution in [0, 0.1) is 0 Å². The fraction of sp³-hybridized carbons (Fsp3) is 0.273. The zero-order valence-electron chi connectivity index (χ0n) is 10.4. The molecule has 0 saturated carbocycles. The number of nitrogens with zero attached hydrogens (tertiary/aromatic N) is 1. The number of carboxylic acids is 1. The van der Waals surface area contributed by atoms with Crippen LogP contribution in [0.4, 0.5) is 33.3 Å². The van der Waals surface area contributed by atoms with Crippen LogP contribution < -0.4 is 10.6 Å². The van der Waals surface area contributed by atoms with Gasteiger partial charge in [0, 0.05) is 7.05 Å². The quantitative estimate of drug-likeness (QED) is 0.661. The second-order valence-electron chi connectivity index (χ2n) is 4.02. The molecule has 0 atom stereocenters. The second kappa shape index (κ2) is 5.19. The topological polar surface area (TPSA) is 83.6 Å². The molecule has 21 heavy (non-hydrogen) atoms. The van der Waals surface area contributed by atoms with Gasteiger partial charge in [-0.3, -0.25) is 4.79 Å². The van der Waals surface area contributed by atoms with Gasteiger partial charge in [-0.05, 0) is 18.2 Å². The van der Waals surface area contributed by atoms with Crippen LogP contribution in [0.2, 0.25) is 0 Å². The van der Waals surface area contributed by atoms with Gasteiger partial charge in [-0.2, -0.15) is 22.0 Å². The number of aromatic carboxylic acids is 1. The van der Waals surface area contributed by atoms with E-state index in [-0.39, 0.29) is 10.5 Å². The van der Waals surface area contributed by atoms with Gasteiger partial charge in [-0.15, -0.1) is 0 Å². The summed E-state index contributed by atoms with van der Waals surface area (Å²) in [7, 11) is 0.675. The first-order valence-corrected chi connectivity index (χ1v) is 5.25. The van der Waals surface area contributed by atoms with Crippen molar-refractivity contribution in [3.8, 4) is 0 Å². The van der Waals surface area contributed by atoms with Gasteiger partial charge in [0.2, 0.25) is 0 Å². The smallest absolute Gasteiger partial charge is 0.463 e. The van der Waals surface area contributed by atoms with E-state index in [0.29, 0.717) is 7.05 Å². The summed E-state index contributed by atoms with van der Waals surface area (Å²) in [5.41, 5.74) is 4.17. The molecule has 3 N–H and O–H groups in total. The summed E-state index contributed by atoms with van der Waals surface area (Å²) in [4.78, 5) is 21.9. The maximum atomic E-state index is 12.9. The number of carbonyl (C=O) groups is 2. The Labute approximate surface area is 114 Å². The number of nitrogens with two attached hydrogens (primary N) is 1. The SMILES string of the molecule is CN(C(=O)C(F)(F)C(F)(F)F)c1ccc(C(=O)O)cc1N. The lowest BCUT2D eigenvalue weighted by Gasteiger charge is -2.25. The maximum Gasteiger partial charge on any atom is 0.463 e. The first-order chi connectivity index (χ1) is 9.39. The molecule has 1 aromatic rings. The molecule has 0 aliphatic heterocycles. The molecule has 0 bridgehead atoms. The third-order valence-electron chi connectivity index (χ3n) is 2.57. The number of carboxylic acid groups (broad SMARTS) is 1. The summed E-state index contributed by atoms with van der Waals surface area (Å²) in [6.07, 6.45) is -6.05. The normalized spacial score (nSPS) is 12.1. The van der Waals surface area contributed by atoms with Crippen molar-refractivity contribution in [2.45, 2.75) is 12.1 Å². The van der Waals surface area contributed by atoms with E-state index >= 15 is 0 Å². The monoisotopic (exact) mass is 312 g/mol. The fourth-order valence-electron chi connectivity index (χ4n) is 1.43. The van der Waals surface area contributed by atoms with E-state index in [9.17, 15) is 31.5 Å². The Bertz CT molecular complexity index is 586. The molecular weight excluding hydrogens is 303 g/mol. The number of hydrogen-bond acceptors (Lipinski definition) is 3. The zero-order valence-corrected chi connectivity index (χ0v) is 10.4. The van der Waals surface area contributed by atoms with Crippen LogP contribution in [0.25, 0.3) is 0 Å². The van der Waals surface area contributed by atoms with E-state index in [4.69, 9.17) is 10.8 Å². The number of alkyl halides is 5. The molecule has 0 aliphatic rings. The summed E-state index contributed by atoms with van der Waals surface area (Å²) in [6.45, 7) is 0. The van der Waals surface area contributed by atoms with Gasteiger partial charge < -0.3 is 15.7 Å². The Balaban J connectivity index is 3.18. The number of hydrogen-bond donors (Lipinski definition) is 2. The minimum Gasteiger partial charge on any atom is -0.478 e. The van der Waals surface area contributed by atoms with Gasteiger partial charge in [0.1, 0.15) is 0 Å². The Kier molecular flexibility index (Phi) is 4.11. The van der Waals surface area contributed by atoms with Crippen molar-refractivity contribution in [1.29, 1.82) is 0 Å². The molecule has 0 aromatic heterocycles. The molecule has 116 valence electrons. The number of halogens is 5. The van der Waals surface area contributed by atoms with Crippen molar-refractivity contribution in [3.63, 3.8) is 0 Å². The number of anilines is 2. The van der Waals surface area contributed by atoms with Crippen molar-refractivity contribution in [3.05, 3.63) is 23.8 Å². The molecule has 10 heteroatoms. The van der Waals surface area contributed by atoms with Crippen LogP contribution in [0.1, 0.15) is 10.4 Å². The number of nitrogen functional groups attached to an aromatic ring is 1. The summed E-state index contributed by atoms with van der Waals surface area (Å²) in [5.74, 6) is -9.48. The molecule has 0 spiro atoms. The molecule has 5 nitrogen and oxygen atoms in total. The Morgan fingerprint density at radius 3 is 2.10 bits per heavy atom. The van der Waals surface area contributed by atoms with E-state index in [1.165, 1.54) is 0 Å². The summed E-state index contributed by atoms with van der Waals surface area (Å²) in [6, 6.07) is 2.62. The molecule has 0 saturated heterocycles. The highest BCUT2D eigenvalue weighted by atomic mass is 19.4. The summed E-state index contributed by atoms with van der Waals surface area (Å²) in [5, 5.41) is 8.68. The molecule has 0 fully saturated rings. The first-order valence-electron chi connectivity index (χ1n) is 5.25. The molecule has 0 radical (unpaired) electrons. The van der Waals surface area contributed by atoms with Crippen molar-refractivity contribution in [2.75, 3.05) is 17.7 Å². The molecule has 0 unspecified atom stereocenters. The summed E-state index contributed by atoms with van der Waals surface area (Å²) < 4.78 is 62.3. The van der Waals surface area contributed by atoms with Gasteiger partial charge in [0.25, 0.3) is 0 Å². The minimum absolute atomic E-state index is 0.0223. The van der Waals surface area contributed by atoms with Gasteiger partial charge >= 0.3 is 24.0 Å². The van der Waals surface area contributed by atoms with Crippen LogP contribution in [0.5, 0.6) is 0 Å². The lowest BCUT2D eigenvalue weighted by Crippen LogP contribution is -2.51. The van der Waals surface area contributed by atoms with Crippen LogP contribution in [-0.4, -0.2) is 36.1 Å². The largest absolute Gasteiger partial charge is 0.478 e. The Morgan fingerprint density at radius 1 is 1.19 bits per heavy atom. The van der Waals surface area contributed by atoms with Crippen LogP contribution in [-0.2, 0) is 4.79 Å². The fourth-order valence-corrected chi connectivity index (χ4v) is 1.43. The highest BCUT2D eigenvalue weighted by Crippen LogP contribution is 2.38. The van der Waals surface area contributed by atoms with Crippen LogP contribution >= 0.6 is 0 Å². The van der Waals surface area contributed by atoms with E-state index in [1.54, 1.807) is 0 Å².